The van der Waals surface area contributed by atoms with Gasteiger partial charge in [0.1, 0.15) is 24.2 Å². The van der Waals surface area contributed by atoms with E-state index in [4.69, 9.17) is 21.1 Å². The van der Waals surface area contributed by atoms with Gasteiger partial charge in [-0.25, -0.2) is 0 Å². The third-order valence-corrected chi connectivity index (χ3v) is 7.11. The summed E-state index contributed by atoms with van der Waals surface area (Å²) in [5.41, 5.74) is -0.617. The van der Waals surface area contributed by atoms with E-state index in [9.17, 15) is 19.5 Å². The maximum absolute atomic E-state index is 14.0. The van der Waals surface area contributed by atoms with E-state index < -0.39 is 35.6 Å². The van der Waals surface area contributed by atoms with Gasteiger partial charge in [0.05, 0.1) is 12.0 Å². The normalized spacial score (nSPS) is 32.8. The number of ether oxygens (including phenoxy) is 2. The lowest BCUT2D eigenvalue weighted by atomic mass is 9.78. The summed E-state index contributed by atoms with van der Waals surface area (Å²) >= 11 is 6.03. The standard InChI is InChI=1S/C24H25ClN2O6/c25-15-6-8-16(9-7-15)26-12-4-10-24-19(18-17(33-24)5-3-14-32-23(18)31)21(29)27(11-1-2-13-28)20(24)22(26)30/h3-10,17-20,28H,1-2,11-14H2/t17-,18+,19-,20?,24-/m0/s1. The number of halogens is 1. The Balaban J connectivity index is 1.58. The molecule has 1 aromatic carbocycles. The number of benzene rings is 1. The Morgan fingerprint density at radius 2 is 1.88 bits per heavy atom. The van der Waals surface area contributed by atoms with Gasteiger partial charge in [0.25, 0.3) is 5.91 Å². The molecule has 5 rings (SSSR count). The first-order valence-electron chi connectivity index (χ1n) is 11.1. The molecular weight excluding hydrogens is 448 g/mol. The van der Waals surface area contributed by atoms with Crippen LogP contribution in [0.25, 0.3) is 0 Å². The van der Waals surface area contributed by atoms with Crippen LogP contribution in [0.1, 0.15) is 12.8 Å². The molecule has 0 aromatic heterocycles. The average molecular weight is 473 g/mol. The Bertz CT molecular complexity index is 1020. The van der Waals surface area contributed by atoms with Crippen molar-refractivity contribution >= 4 is 35.1 Å². The summed E-state index contributed by atoms with van der Waals surface area (Å²) in [5, 5.41) is 9.79. The summed E-state index contributed by atoms with van der Waals surface area (Å²) in [5.74, 6) is -2.75. The summed E-state index contributed by atoms with van der Waals surface area (Å²) < 4.78 is 11.7. The van der Waals surface area contributed by atoms with Crippen LogP contribution < -0.4 is 4.90 Å². The third-order valence-electron chi connectivity index (χ3n) is 6.86. The lowest BCUT2D eigenvalue weighted by molar-refractivity contribution is -0.152. The van der Waals surface area contributed by atoms with Crippen molar-refractivity contribution in [2.24, 2.45) is 11.8 Å². The minimum absolute atomic E-state index is 0.00959. The van der Waals surface area contributed by atoms with Crippen LogP contribution in [-0.2, 0) is 23.9 Å². The largest absolute Gasteiger partial charge is 0.461 e. The molecule has 4 aliphatic rings. The molecule has 4 heterocycles. The van der Waals surface area contributed by atoms with E-state index in [1.54, 1.807) is 47.4 Å². The molecule has 8 nitrogen and oxygen atoms in total. The number of esters is 1. The highest BCUT2D eigenvalue weighted by atomic mass is 35.5. The van der Waals surface area contributed by atoms with Gasteiger partial charge >= 0.3 is 5.97 Å². The predicted octanol–water partition coefficient (Wildman–Crippen LogP) is 1.71. The van der Waals surface area contributed by atoms with Gasteiger partial charge in [-0.05, 0) is 43.2 Å². The molecule has 33 heavy (non-hydrogen) atoms. The van der Waals surface area contributed by atoms with E-state index in [-0.39, 0.29) is 31.6 Å². The van der Waals surface area contributed by atoms with Crippen LogP contribution in [0, 0.1) is 11.8 Å². The quantitative estimate of drug-likeness (QED) is 0.398. The minimum atomic E-state index is -1.27. The zero-order chi connectivity index (χ0) is 23.2. The number of likely N-dealkylation sites (tertiary alicyclic amines) is 1. The van der Waals surface area contributed by atoms with Gasteiger partial charge in [-0.1, -0.05) is 29.8 Å². The van der Waals surface area contributed by atoms with E-state index in [1.807, 2.05) is 6.08 Å². The second-order valence-electron chi connectivity index (χ2n) is 8.69. The topological polar surface area (TPSA) is 96.4 Å². The highest BCUT2D eigenvalue weighted by Gasteiger charge is 2.71. The van der Waals surface area contributed by atoms with Crippen LogP contribution in [0.3, 0.4) is 0 Å². The Morgan fingerprint density at radius 1 is 1.09 bits per heavy atom. The summed E-state index contributed by atoms with van der Waals surface area (Å²) in [4.78, 5) is 43.7. The van der Waals surface area contributed by atoms with E-state index in [0.717, 1.165) is 0 Å². The second kappa shape index (κ2) is 8.59. The molecule has 0 radical (unpaired) electrons. The molecule has 1 N–H and O–H groups in total. The SMILES string of the molecule is O=C1OCC=C[C@@H]2O[C@]34C=CCN(c5ccc(Cl)cc5)C(=O)C3N(CCCCO)C(=O)[C@@H]4[C@H]12. The predicted molar refractivity (Wildman–Crippen MR) is 119 cm³/mol. The van der Waals surface area contributed by atoms with Gasteiger partial charge in [0.15, 0.2) is 0 Å². The van der Waals surface area contributed by atoms with Gasteiger partial charge < -0.3 is 24.4 Å². The van der Waals surface area contributed by atoms with E-state index in [2.05, 4.69) is 0 Å². The third kappa shape index (κ3) is 3.48. The van der Waals surface area contributed by atoms with Crippen molar-refractivity contribution in [3.63, 3.8) is 0 Å². The number of carbonyl (C=O) groups is 3. The molecule has 0 bridgehead atoms. The number of carbonyl (C=O) groups excluding carboxylic acids is 3. The fraction of sp³-hybridized carbons (Fsp3) is 0.458. The molecule has 1 spiro atoms. The van der Waals surface area contributed by atoms with Crippen LogP contribution in [-0.4, -0.2) is 71.8 Å². The van der Waals surface area contributed by atoms with Crippen LogP contribution in [0.5, 0.6) is 0 Å². The summed E-state index contributed by atoms with van der Waals surface area (Å²) in [6.45, 7) is 0.696. The smallest absolute Gasteiger partial charge is 0.313 e. The molecule has 2 saturated heterocycles. The number of unbranched alkanes of at least 4 members (excludes halogenated alkanes) is 1. The summed E-state index contributed by atoms with van der Waals surface area (Å²) in [7, 11) is 0. The van der Waals surface area contributed by atoms with Crippen molar-refractivity contribution in [3.8, 4) is 0 Å². The molecule has 2 fully saturated rings. The lowest BCUT2D eigenvalue weighted by Gasteiger charge is -2.35. The van der Waals surface area contributed by atoms with E-state index in [0.29, 0.717) is 30.1 Å². The van der Waals surface area contributed by atoms with Crippen molar-refractivity contribution in [1.29, 1.82) is 0 Å². The summed E-state index contributed by atoms with van der Waals surface area (Å²) in [6.07, 6.45) is 7.45. The molecule has 0 saturated carbocycles. The molecule has 5 atom stereocenters. The van der Waals surface area contributed by atoms with Crippen molar-refractivity contribution in [1.82, 2.24) is 4.90 Å². The maximum Gasteiger partial charge on any atom is 0.313 e. The molecule has 2 amide bonds. The van der Waals surface area contributed by atoms with Crippen molar-refractivity contribution in [3.05, 3.63) is 53.6 Å². The lowest BCUT2D eigenvalue weighted by Crippen LogP contribution is -2.55. The van der Waals surface area contributed by atoms with Crippen LogP contribution >= 0.6 is 11.6 Å². The number of anilines is 1. The number of cyclic esters (lactones) is 1. The van der Waals surface area contributed by atoms with Crippen molar-refractivity contribution < 1.29 is 29.0 Å². The molecule has 174 valence electrons. The minimum Gasteiger partial charge on any atom is -0.461 e. The fourth-order valence-electron chi connectivity index (χ4n) is 5.46. The average Bonchev–Trinajstić information content (AvgIpc) is 3.09. The number of hydrogen-bond acceptors (Lipinski definition) is 6. The summed E-state index contributed by atoms with van der Waals surface area (Å²) in [6, 6.07) is 6.00. The molecule has 1 aromatic rings. The molecule has 1 unspecified atom stereocenters. The Morgan fingerprint density at radius 3 is 2.64 bits per heavy atom. The first-order valence-corrected chi connectivity index (χ1v) is 11.5. The number of aliphatic hydroxyl groups excluding tert-OH is 1. The van der Waals surface area contributed by atoms with E-state index in [1.165, 1.54) is 4.90 Å². The first kappa shape index (κ1) is 22.1. The Kier molecular flexibility index (Phi) is 5.76. The van der Waals surface area contributed by atoms with E-state index >= 15 is 0 Å². The van der Waals surface area contributed by atoms with Crippen LogP contribution in [0.4, 0.5) is 5.69 Å². The van der Waals surface area contributed by atoms with Crippen molar-refractivity contribution in [2.45, 2.75) is 30.6 Å². The van der Waals surface area contributed by atoms with Gasteiger partial charge in [0, 0.05) is 30.4 Å². The highest BCUT2D eigenvalue weighted by molar-refractivity contribution is 6.30. The molecule has 9 heteroatoms. The number of rotatable bonds is 5. The van der Waals surface area contributed by atoms with Gasteiger partial charge in [-0.3, -0.25) is 14.4 Å². The molecule has 0 aliphatic carbocycles. The first-order chi connectivity index (χ1) is 16.0. The maximum atomic E-state index is 14.0. The number of aliphatic hydroxyl groups is 1. The Labute approximate surface area is 196 Å². The number of amides is 2. The van der Waals surface area contributed by atoms with Crippen LogP contribution in [0.2, 0.25) is 5.02 Å². The Hall–Kier alpha value is -2.68. The van der Waals surface area contributed by atoms with Crippen LogP contribution in [0.15, 0.2) is 48.6 Å². The zero-order valence-corrected chi connectivity index (χ0v) is 18.7. The second-order valence-corrected chi connectivity index (χ2v) is 9.13. The highest BCUT2D eigenvalue weighted by Crippen LogP contribution is 2.53. The van der Waals surface area contributed by atoms with Crippen molar-refractivity contribution in [2.75, 3.05) is 31.2 Å². The molecular formula is C24H25ClN2O6. The zero-order valence-electron chi connectivity index (χ0n) is 17.9. The molecule has 4 aliphatic heterocycles. The van der Waals surface area contributed by atoms with Gasteiger partial charge in [-0.15, -0.1) is 0 Å². The monoisotopic (exact) mass is 472 g/mol. The van der Waals surface area contributed by atoms with Gasteiger partial charge in [0.2, 0.25) is 5.91 Å². The number of fused-ring (bicyclic) bond motifs is 2. The number of hydrogen-bond donors (Lipinski definition) is 1. The fourth-order valence-corrected chi connectivity index (χ4v) is 5.58. The van der Waals surface area contributed by atoms with Gasteiger partial charge in [-0.2, -0.15) is 0 Å². The number of nitrogens with zero attached hydrogens (tertiary/aromatic N) is 2.